The van der Waals surface area contributed by atoms with Crippen molar-refractivity contribution in [1.82, 2.24) is 9.47 Å². The van der Waals surface area contributed by atoms with Crippen LogP contribution in [0.2, 0.25) is 0 Å². The summed E-state index contributed by atoms with van der Waals surface area (Å²) >= 11 is 0. The molecule has 2 heterocycles. The van der Waals surface area contributed by atoms with E-state index in [1.54, 1.807) is 10.8 Å². The maximum Gasteiger partial charge on any atom is 0.416 e. The molecule has 0 spiro atoms. The molecule has 1 aromatic heterocycles. The Hall–Kier alpha value is -4.06. The van der Waals surface area contributed by atoms with E-state index in [0.29, 0.717) is 17.8 Å². The Balaban J connectivity index is 0.000000228. The van der Waals surface area contributed by atoms with Crippen LogP contribution < -0.4 is 0 Å². The monoisotopic (exact) mass is 463 g/mol. The lowest BCUT2D eigenvalue weighted by Gasteiger charge is -2.20. The van der Waals surface area contributed by atoms with E-state index in [1.807, 2.05) is 0 Å². The topological polar surface area (TPSA) is 112 Å². The van der Waals surface area contributed by atoms with Gasteiger partial charge in [-0.15, -0.1) is 0 Å². The lowest BCUT2D eigenvalue weighted by atomic mass is 10.1. The summed E-state index contributed by atoms with van der Waals surface area (Å²) in [5.74, 6) is -1.05. The fourth-order valence-corrected chi connectivity index (χ4v) is 2.53. The number of fused-ring (bicyclic) bond motifs is 1. The SMILES string of the molecule is O=C(O)c1ccn2c1CN(C(=O)O)C=C2.O=C=Nc1cc(C(F)(F)F)cc(C(F)(F)F)c1. The van der Waals surface area contributed by atoms with Crippen LogP contribution in [0.25, 0.3) is 6.20 Å². The minimum atomic E-state index is -4.95. The Labute approximate surface area is 174 Å². The highest BCUT2D eigenvalue weighted by Crippen LogP contribution is 2.38. The highest BCUT2D eigenvalue weighted by molar-refractivity contribution is 5.89. The number of rotatable bonds is 2. The molecule has 0 fully saturated rings. The van der Waals surface area contributed by atoms with E-state index < -0.39 is 41.2 Å². The molecule has 2 N–H and O–H groups in total. The molecule has 1 amide bonds. The number of isocyanates is 1. The van der Waals surface area contributed by atoms with Gasteiger partial charge in [-0.2, -0.15) is 31.3 Å². The van der Waals surface area contributed by atoms with Gasteiger partial charge in [-0.05, 0) is 24.3 Å². The summed E-state index contributed by atoms with van der Waals surface area (Å²) < 4.78 is 75.2. The molecule has 1 aromatic carbocycles. The van der Waals surface area contributed by atoms with Crippen molar-refractivity contribution < 1.29 is 50.9 Å². The minimum Gasteiger partial charge on any atom is -0.478 e. The van der Waals surface area contributed by atoms with Crippen LogP contribution in [0.4, 0.5) is 36.8 Å². The number of hydrogen-bond acceptors (Lipinski definition) is 4. The van der Waals surface area contributed by atoms with E-state index in [1.165, 1.54) is 18.5 Å². The van der Waals surface area contributed by atoms with Gasteiger partial charge in [0.1, 0.15) is 0 Å². The Kier molecular flexibility index (Phi) is 6.79. The van der Waals surface area contributed by atoms with Gasteiger partial charge in [-0.3, -0.25) is 4.90 Å². The van der Waals surface area contributed by atoms with Gasteiger partial charge >= 0.3 is 24.4 Å². The van der Waals surface area contributed by atoms with E-state index in [9.17, 15) is 40.7 Å². The van der Waals surface area contributed by atoms with E-state index in [2.05, 4.69) is 4.99 Å². The third kappa shape index (κ3) is 5.76. The molecule has 8 nitrogen and oxygen atoms in total. The fourth-order valence-electron chi connectivity index (χ4n) is 2.53. The smallest absolute Gasteiger partial charge is 0.416 e. The molecule has 0 unspecified atom stereocenters. The van der Waals surface area contributed by atoms with Gasteiger partial charge in [0.05, 0.1) is 34.6 Å². The molecule has 0 aliphatic carbocycles. The number of aliphatic imine (C=N–C) groups is 1. The van der Waals surface area contributed by atoms with E-state index in [4.69, 9.17) is 10.2 Å². The highest BCUT2D eigenvalue weighted by Gasteiger charge is 2.36. The lowest BCUT2D eigenvalue weighted by molar-refractivity contribution is -0.143. The number of carboxylic acids is 1. The zero-order valence-electron chi connectivity index (χ0n) is 15.5. The van der Waals surface area contributed by atoms with Gasteiger partial charge in [0.2, 0.25) is 6.08 Å². The number of aromatic nitrogens is 1. The molecule has 0 radical (unpaired) electrons. The maximum atomic E-state index is 12.3. The molecule has 1 aliphatic rings. The quantitative estimate of drug-likeness (QED) is 0.378. The van der Waals surface area contributed by atoms with E-state index in [-0.39, 0.29) is 18.2 Å². The molecule has 0 atom stereocenters. The number of hydrogen-bond donors (Lipinski definition) is 2. The molecule has 0 saturated carbocycles. The summed E-state index contributed by atoms with van der Waals surface area (Å²) in [5, 5.41) is 17.6. The first-order valence-electron chi connectivity index (χ1n) is 8.22. The van der Waals surface area contributed by atoms with Crippen LogP contribution in [0.1, 0.15) is 27.2 Å². The summed E-state index contributed by atoms with van der Waals surface area (Å²) in [6.07, 6.45) is -5.63. The van der Waals surface area contributed by atoms with Crippen LogP contribution >= 0.6 is 0 Å². The summed E-state index contributed by atoms with van der Waals surface area (Å²) in [6, 6.07) is 2.07. The number of halogens is 6. The first-order valence-corrected chi connectivity index (χ1v) is 8.22. The number of carbonyl (C=O) groups excluding carboxylic acids is 1. The normalized spacial score (nSPS) is 12.9. The van der Waals surface area contributed by atoms with Crippen LogP contribution in [0, 0.1) is 0 Å². The van der Waals surface area contributed by atoms with Crippen molar-refractivity contribution in [3.05, 3.63) is 59.0 Å². The maximum absolute atomic E-state index is 12.3. The second-order valence-corrected chi connectivity index (χ2v) is 6.06. The first-order chi connectivity index (χ1) is 14.7. The molecule has 170 valence electrons. The van der Waals surface area contributed by atoms with Gasteiger partial charge in [-0.1, -0.05) is 0 Å². The zero-order chi connectivity index (χ0) is 24.3. The van der Waals surface area contributed by atoms with Crippen LogP contribution in [0.5, 0.6) is 0 Å². The zero-order valence-corrected chi connectivity index (χ0v) is 15.5. The highest BCUT2D eigenvalue weighted by atomic mass is 19.4. The summed E-state index contributed by atoms with van der Waals surface area (Å²) in [4.78, 5) is 35.1. The predicted octanol–water partition coefficient (Wildman–Crippen LogP) is 4.80. The largest absolute Gasteiger partial charge is 0.478 e. The first kappa shape index (κ1) is 24.2. The van der Waals surface area contributed by atoms with Crippen molar-refractivity contribution in [3.63, 3.8) is 0 Å². The van der Waals surface area contributed by atoms with E-state index >= 15 is 0 Å². The van der Waals surface area contributed by atoms with Crippen LogP contribution in [0.3, 0.4) is 0 Å². The number of carboxylic acid groups (broad SMARTS) is 2. The van der Waals surface area contributed by atoms with Crippen molar-refractivity contribution >= 4 is 30.0 Å². The third-order valence-electron chi connectivity index (χ3n) is 3.97. The Morgan fingerprint density at radius 2 is 1.53 bits per heavy atom. The molecular formula is C18H11F6N3O5. The summed E-state index contributed by atoms with van der Waals surface area (Å²) in [5.41, 5.74) is -3.21. The molecule has 14 heteroatoms. The second-order valence-electron chi connectivity index (χ2n) is 6.06. The van der Waals surface area contributed by atoms with Gasteiger partial charge in [0, 0.05) is 18.6 Å². The number of benzene rings is 1. The Bertz CT molecular complexity index is 1080. The average Bonchev–Trinajstić information content (AvgIpc) is 3.10. The van der Waals surface area contributed by atoms with Crippen LogP contribution in [-0.2, 0) is 23.7 Å². The summed E-state index contributed by atoms with van der Waals surface area (Å²) in [7, 11) is 0. The molecule has 2 aromatic rings. The van der Waals surface area contributed by atoms with Gasteiger partial charge in [0.15, 0.2) is 0 Å². The Morgan fingerprint density at radius 3 is 1.97 bits per heavy atom. The standard InChI is InChI=1S/C9H3F6NO.C9H8N2O4/c10-8(11,12)5-1-6(9(13,14)15)3-7(2-5)16-4-17;12-8(13)6-1-2-10-3-4-11(9(14)15)5-7(6)10/h1-3H;1-4H,5H2,(H,12,13)(H,14,15). The fraction of sp³-hybridized carbons (Fsp3) is 0.167. The number of carbonyl (C=O) groups is 2. The average molecular weight is 463 g/mol. The van der Waals surface area contributed by atoms with Crippen molar-refractivity contribution in [2.45, 2.75) is 18.9 Å². The van der Waals surface area contributed by atoms with Crippen molar-refractivity contribution in [2.24, 2.45) is 4.99 Å². The minimum absolute atomic E-state index is 0.0518. The van der Waals surface area contributed by atoms with Crippen LogP contribution in [-0.4, -0.2) is 37.8 Å². The summed E-state index contributed by atoms with van der Waals surface area (Å²) in [6.45, 7) is 0.0560. The lowest BCUT2D eigenvalue weighted by Crippen LogP contribution is -2.27. The number of aromatic carboxylic acids is 1. The molecule has 32 heavy (non-hydrogen) atoms. The molecular weight excluding hydrogens is 452 g/mol. The molecule has 1 aliphatic heterocycles. The van der Waals surface area contributed by atoms with Gasteiger partial charge < -0.3 is 14.8 Å². The molecule has 3 rings (SSSR count). The van der Waals surface area contributed by atoms with Gasteiger partial charge in [-0.25, -0.2) is 14.4 Å². The van der Waals surface area contributed by atoms with Gasteiger partial charge in [0.25, 0.3) is 0 Å². The number of nitrogens with zero attached hydrogens (tertiary/aromatic N) is 3. The second kappa shape index (κ2) is 8.98. The Morgan fingerprint density at radius 1 is 0.969 bits per heavy atom. The molecule has 0 bridgehead atoms. The predicted molar refractivity (Wildman–Crippen MR) is 94.5 cm³/mol. The van der Waals surface area contributed by atoms with Crippen molar-refractivity contribution in [2.75, 3.05) is 0 Å². The number of alkyl halides is 6. The third-order valence-corrected chi connectivity index (χ3v) is 3.97. The van der Waals surface area contributed by atoms with Crippen molar-refractivity contribution in [1.29, 1.82) is 0 Å². The van der Waals surface area contributed by atoms with Crippen molar-refractivity contribution in [3.8, 4) is 0 Å². The van der Waals surface area contributed by atoms with E-state index in [0.717, 1.165) is 11.0 Å². The molecule has 0 saturated heterocycles. The number of amides is 1. The van der Waals surface area contributed by atoms with Crippen LogP contribution in [0.15, 0.2) is 41.7 Å².